The molecule has 1 saturated heterocycles. The lowest BCUT2D eigenvalue weighted by atomic mass is 10.2. The zero-order chi connectivity index (χ0) is 18.6. The van der Waals surface area contributed by atoms with E-state index in [2.05, 4.69) is 10.3 Å². The summed E-state index contributed by atoms with van der Waals surface area (Å²) in [7, 11) is 1.59. The Morgan fingerprint density at radius 2 is 1.96 bits per heavy atom. The molecule has 27 heavy (non-hydrogen) atoms. The summed E-state index contributed by atoms with van der Waals surface area (Å²) < 4.78 is 7.14. The molecule has 138 valence electrons. The second kappa shape index (κ2) is 7.59. The average Bonchev–Trinajstić information content (AvgIpc) is 3.05. The molecule has 0 unspecified atom stereocenters. The van der Waals surface area contributed by atoms with Crippen molar-refractivity contribution in [1.82, 2.24) is 19.9 Å². The SMILES string of the molecule is COc1ccc(-c2nc(N3CCNCCC3=O)cn2-c2ccccc2)cn1. The van der Waals surface area contributed by atoms with E-state index in [4.69, 9.17) is 9.72 Å². The second-order valence-electron chi connectivity index (χ2n) is 6.26. The lowest BCUT2D eigenvalue weighted by Crippen LogP contribution is -2.32. The summed E-state index contributed by atoms with van der Waals surface area (Å²) >= 11 is 0. The maximum Gasteiger partial charge on any atom is 0.229 e. The van der Waals surface area contributed by atoms with Gasteiger partial charge in [0.25, 0.3) is 0 Å². The minimum Gasteiger partial charge on any atom is -0.481 e. The molecular weight excluding hydrogens is 342 g/mol. The van der Waals surface area contributed by atoms with Crippen molar-refractivity contribution in [3.8, 4) is 23.0 Å². The number of aromatic nitrogens is 3. The lowest BCUT2D eigenvalue weighted by molar-refractivity contribution is -0.118. The summed E-state index contributed by atoms with van der Waals surface area (Å²) in [5.74, 6) is 2.01. The van der Waals surface area contributed by atoms with Crippen LogP contribution in [0.4, 0.5) is 5.82 Å². The Morgan fingerprint density at radius 1 is 1.11 bits per heavy atom. The van der Waals surface area contributed by atoms with Gasteiger partial charge in [0.05, 0.1) is 13.3 Å². The third-order valence-electron chi connectivity index (χ3n) is 4.54. The minimum atomic E-state index is 0.0807. The van der Waals surface area contributed by atoms with Crippen molar-refractivity contribution in [2.24, 2.45) is 0 Å². The summed E-state index contributed by atoms with van der Waals surface area (Å²) in [6.45, 7) is 2.05. The fourth-order valence-corrected chi connectivity index (χ4v) is 3.13. The van der Waals surface area contributed by atoms with E-state index in [0.29, 0.717) is 31.2 Å². The third-order valence-corrected chi connectivity index (χ3v) is 4.54. The van der Waals surface area contributed by atoms with E-state index in [-0.39, 0.29) is 5.91 Å². The number of methoxy groups -OCH3 is 1. The highest BCUT2D eigenvalue weighted by Crippen LogP contribution is 2.27. The van der Waals surface area contributed by atoms with Crippen LogP contribution in [-0.4, -0.2) is 47.2 Å². The minimum absolute atomic E-state index is 0.0807. The van der Waals surface area contributed by atoms with E-state index in [1.54, 1.807) is 24.3 Å². The number of nitrogens with zero attached hydrogens (tertiary/aromatic N) is 4. The van der Waals surface area contributed by atoms with Crippen LogP contribution < -0.4 is 15.0 Å². The number of benzene rings is 1. The zero-order valence-electron chi connectivity index (χ0n) is 15.1. The highest BCUT2D eigenvalue weighted by atomic mass is 16.5. The maximum atomic E-state index is 12.5. The van der Waals surface area contributed by atoms with Gasteiger partial charge < -0.3 is 10.1 Å². The van der Waals surface area contributed by atoms with E-state index < -0.39 is 0 Å². The highest BCUT2D eigenvalue weighted by molar-refractivity contribution is 5.93. The third kappa shape index (κ3) is 3.54. The molecule has 1 aliphatic heterocycles. The first-order valence-corrected chi connectivity index (χ1v) is 8.92. The van der Waals surface area contributed by atoms with E-state index >= 15 is 0 Å². The van der Waals surface area contributed by atoms with Crippen LogP contribution >= 0.6 is 0 Å². The first-order chi connectivity index (χ1) is 13.3. The van der Waals surface area contributed by atoms with Gasteiger partial charge in [-0.15, -0.1) is 0 Å². The number of hydrogen-bond acceptors (Lipinski definition) is 5. The van der Waals surface area contributed by atoms with E-state index in [1.165, 1.54) is 0 Å². The number of rotatable bonds is 4. The van der Waals surface area contributed by atoms with Crippen LogP contribution in [0.2, 0.25) is 0 Å². The number of carbonyl (C=O) groups is 1. The van der Waals surface area contributed by atoms with Crippen molar-refractivity contribution in [3.05, 3.63) is 54.9 Å². The predicted molar refractivity (Wildman–Crippen MR) is 103 cm³/mol. The van der Waals surface area contributed by atoms with Gasteiger partial charge in [0.15, 0.2) is 5.82 Å². The van der Waals surface area contributed by atoms with Crippen LogP contribution in [0.15, 0.2) is 54.9 Å². The Bertz CT molecular complexity index is 921. The van der Waals surface area contributed by atoms with Gasteiger partial charge in [-0.2, -0.15) is 0 Å². The molecule has 4 rings (SSSR count). The van der Waals surface area contributed by atoms with Gasteiger partial charge in [0, 0.05) is 49.6 Å². The van der Waals surface area contributed by atoms with Gasteiger partial charge in [-0.25, -0.2) is 9.97 Å². The summed E-state index contributed by atoms with van der Waals surface area (Å²) in [5.41, 5.74) is 1.83. The van der Waals surface area contributed by atoms with Gasteiger partial charge in [0.1, 0.15) is 5.82 Å². The number of ether oxygens (including phenoxy) is 1. The van der Waals surface area contributed by atoms with Crippen LogP contribution in [0.3, 0.4) is 0 Å². The maximum absolute atomic E-state index is 12.5. The summed E-state index contributed by atoms with van der Waals surface area (Å²) in [6.07, 6.45) is 4.12. The van der Waals surface area contributed by atoms with Gasteiger partial charge in [-0.1, -0.05) is 18.2 Å². The van der Waals surface area contributed by atoms with Crippen molar-refractivity contribution in [1.29, 1.82) is 0 Å². The summed E-state index contributed by atoms with van der Waals surface area (Å²) in [5, 5.41) is 3.25. The molecule has 0 saturated carbocycles. The molecule has 3 aromatic rings. The topological polar surface area (TPSA) is 72.3 Å². The number of anilines is 1. The van der Waals surface area contributed by atoms with Crippen molar-refractivity contribution in [3.63, 3.8) is 0 Å². The number of hydrogen-bond donors (Lipinski definition) is 1. The fourth-order valence-electron chi connectivity index (χ4n) is 3.13. The highest BCUT2D eigenvalue weighted by Gasteiger charge is 2.22. The molecule has 0 bridgehead atoms. The number of para-hydroxylation sites is 1. The largest absolute Gasteiger partial charge is 0.481 e. The normalized spacial score (nSPS) is 14.9. The quantitative estimate of drug-likeness (QED) is 0.770. The van der Waals surface area contributed by atoms with Crippen LogP contribution in [-0.2, 0) is 4.79 Å². The van der Waals surface area contributed by atoms with Crippen LogP contribution in [0, 0.1) is 0 Å². The van der Waals surface area contributed by atoms with E-state index in [9.17, 15) is 4.79 Å². The molecule has 2 aromatic heterocycles. The molecule has 0 radical (unpaired) electrons. The van der Waals surface area contributed by atoms with Crippen molar-refractivity contribution in [2.75, 3.05) is 31.6 Å². The molecule has 1 aromatic carbocycles. The molecule has 7 heteroatoms. The van der Waals surface area contributed by atoms with Gasteiger partial charge >= 0.3 is 0 Å². The monoisotopic (exact) mass is 363 g/mol. The lowest BCUT2D eigenvalue weighted by Gasteiger charge is -2.16. The molecular formula is C20H21N5O2. The number of pyridine rings is 1. The molecule has 1 fully saturated rings. The molecule has 0 spiro atoms. The van der Waals surface area contributed by atoms with Crippen LogP contribution in [0.5, 0.6) is 5.88 Å². The van der Waals surface area contributed by atoms with Crippen LogP contribution in [0.25, 0.3) is 17.1 Å². The predicted octanol–water partition coefficient (Wildman–Crippen LogP) is 2.27. The summed E-state index contributed by atoms with van der Waals surface area (Å²) in [6, 6.07) is 13.7. The Labute approximate surface area is 157 Å². The zero-order valence-corrected chi connectivity index (χ0v) is 15.1. The Hall–Kier alpha value is -3.19. The van der Waals surface area contributed by atoms with E-state index in [0.717, 1.165) is 23.6 Å². The van der Waals surface area contributed by atoms with Gasteiger partial charge in [-0.3, -0.25) is 14.3 Å². The number of imidazole rings is 1. The average molecular weight is 363 g/mol. The molecule has 1 amide bonds. The Balaban J connectivity index is 1.80. The second-order valence-corrected chi connectivity index (χ2v) is 6.26. The standard InChI is InChI=1S/C20H21N5O2/c1-27-18-8-7-15(13-22-18)20-23-17(24-12-11-21-10-9-19(24)26)14-25(20)16-5-3-2-4-6-16/h2-8,13-14,21H,9-12H2,1H3. The Morgan fingerprint density at radius 3 is 2.70 bits per heavy atom. The smallest absolute Gasteiger partial charge is 0.229 e. The Kier molecular flexibility index (Phi) is 4.84. The number of amides is 1. The van der Waals surface area contributed by atoms with Gasteiger partial charge in [-0.05, 0) is 18.2 Å². The molecule has 0 atom stereocenters. The van der Waals surface area contributed by atoms with Crippen molar-refractivity contribution >= 4 is 11.7 Å². The first-order valence-electron chi connectivity index (χ1n) is 8.92. The molecule has 7 nitrogen and oxygen atoms in total. The van der Waals surface area contributed by atoms with Crippen LogP contribution in [0.1, 0.15) is 6.42 Å². The van der Waals surface area contributed by atoms with Crippen molar-refractivity contribution < 1.29 is 9.53 Å². The summed E-state index contributed by atoms with van der Waals surface area (Å²) in [4.78, 5) is 23.3. The molecule has 1 N–H and O–H groups in total. The molecule has 0 aliphatic carbocycles. The van der Waals surface area contributed by atoms with E-state index in [1.807, 2.05) is 47.2 Å². The molecule has 3 heterocycles. The number of nitrogens with one attached hydrogen (secondary N) is 1. The first kappa shape index (κ1) is 17.2. The van der Waals surface area contributed by atoms with Crippen molar-refractivity contribution in [2.45, 2.75) is 6.42 Å². The van der Waals surface area contributed by atoms with Gasteiger partial charge in [0.2, 0.25) is 11.8 Å². The molecule has 1 aliphatic rings. The number of carbonyl (C=O) groups excluding carboxylic acids is 1. The fraction of sp³-hybridized carbons (Fsp3) is 0.250.